The highest BCUT2D eigenvalue weighted by Crippen LogP contribution is 2.45. The molecule has 2 aliphatic rings. The van der Waals surface area contributed by atoms with Crippen molar-refractivity contribution in [3.8, 4) is 0 Å². The van der Waals surface area contributed by atoms with Crippen LogP contribution in [0.1, 0.15) is 30.7 Å². The lowest BCUT2D eigenvalue weighted by molar-refractivity contribution is -0.141. The highest BCUT2D eigenvalue weighted by molar-refractivity contribution is 5.08. The first kappa shape index (κ1) is 12.8. The van der Waals surface area contributed by atoms with Gasteiger partial charge in [-0.2, -0.15) is 13.2 Å². The molecule has 0 amide bonds. The molecule has 1 aliphatic heterocycles. The Balaban J connectivity index is 1.61. The van der Waals surface area contributed by atoms with Crippen LogP contribution in [0.3, 0.4) is 0 Å². The average Bonchev–Trinajstić information content (AvgIpc) is 2.73. The normalized spacial score (nSPS) is 25.5. The Morgan fingerprint density at radius 1 is 1.26 bits per heavy atom. The van der Waals surface area contributed by atoms with Crippen molar-refractivity contribution in [3.05, 3.63) is 23.8 Å². The predicted molar refractivity (Wildman–Crippen MR) is 63.4 cm³/mol. The third-order valence-corrected chi connectivity index (χ3v) is 4.30. The van der Waals surface area contributed by atoms with E-state index in [9.17, 15) is 13.2 Å². The van der Waals surface area contributed by atoms with Gasteiger partial charge in [-0.1, -0.05) is 0 Å². The molecule has 104 valence electrons. The molecule has 3 nitrogen and oxygen atoms in total. The molecule has 0 aromatic carbocycles. The molecule has 2 heterocycles. The third-order valence-electron chi connectivity index (χ3n) is 4.30. The summed E-state index contributed by atoms with van der Waals surface area (Å²) in [5.41, 5.74) is 0.217. The van der Waals surface area contributed by atoms with Crippen molar-refractivity contribution < 1.29 is 13.2 Å². The molecule has 19 heavy (non-hydrogen) atoms. The van der Waals surface area contributed by atoms with E-state index in [-0.39, 0.29) is 0 Å². The summed E-state index contributed by atoms with van der Waals surface area (Å²) in [5, 5.41) is 3.30. The first-order valence-electron chi connectivity index (χ1n) is 6.56. The van der Waals surface area contributed by atoms with Gasteiger partial charge in [-0.15, -0.1) is 0 Å². The molecule has 1 spiro atoms. The Kier molecular flexibility index (Phi) is 3.00. The van der Waals surface area contributed by atoms with Gasteiger partial charge in [0.2, 0.25) is 0 Å². The van der Waals surface area contributed by atoms with Crippen LogP contribution >= 0.6 is 0 Å². The lowest BCUT2D eigenvalue weighted by Gasteiger charge is -2.39. The van der Waals surface area contributed by atoms with Crippen LogP contribution < -0.4 is 5.32 Å². The van der Waals surface area contributed by atoms with Crippen LogP contribution in [-0.2, 0) is 12.6 Å². The molecule has 1 saturated heterocycles. The summed E-state index contributed by atoms with van der Waals surface area (Å²) in [6.07, 6.45) is 1.97. The first-order valence-corrected chi connectivity index (χ1v) is 6.56. The van der Waals surface area contributed by atoms with Crippen LogP contribution in [0, 0.1) is 11.3 Å². The maximum atomic E-state index is 12.4. The second kappa shape index (κ2) is 4.44. The summed E-state index contributed by atoms with van der Waals surface area (Å²) in [6.45, 7) is 2.17. The van der Waals surface area contributed by atoms with Crippen molar-refractivity contribution >= 4 is 0 Å². The van der Waals surface area contributed by atoms with Crippen LogP contribution in [0.2, 0.25) is 0 Å². The number of nitrogens with one attached hydrogen (secondary N) is 1. The molecule has 0 bridgehead atoms. The number of halogens is 3. The first-order chi connectivity index (χ1) is 8.97. The van der Waals surface area contributed by atoms with Crippen molar-refractivity contribution in [2.24, 2.45) is 11.3 Å². The van der Waals surface area contributed by atoms with Crippen molar-refractivity contribution in [2.75, 3.05) is 13.1 Å². The van der Waals surface area contributed by atoms with Crippen LogP contribution in [0.4, 0.5) is 13.2 Å². The highest BCUT2D eigenvalue weighted by atomic mass is 19.4. The number of rotatable bonds is 2. The van der Waals surface area contributed by atoms with E-state index in [1.807, 2.05) is 0 Å². The molecule has 1 aromatic heterocycles. The topological polar surface area (TPSA) is 37.8 Å². The SMILES string of the molecule is FC(F)(F)c1cnc(C[C@H]2CCC3(CNC3)C2)cn1. The monoisotopic (exact) mass is 271 g/mol. The van der Waals surface area contributed by atoms with Gasteiger partial charge in [0.25, 0.3) is 0 Å². The molecule has 1 aromatic rings. The van der Waals surface area contributed by atoms with Crippen LogP contribution in [-0.4, -0.2) is 23.1 Å². The zero-order valence-electron chi connectivity index (χ0n) is 10.5. The molecule has 3 rings (SSSR count). The minimum absolute atomic E-state index is 0.462. The summed E-state index contributed by atoms with van der Waals surface area (Å²) >= 11 is 0. The van der Waals surface area contributed by atoms with Gasteiger partial charge < -0.3 is 5.32 Å². The second-order valence-corrected chi connectivity index (χ2v) is 5.81. The van der Waals surface area contributed by atoms with Crippen molar-refractivity contribution in [1.29, 1.82) is 0 Å². The molecular weight excluding hydrogens is 255 g/mol. The molecular formula is C13H16F3N3. The maximum Gasteiger partial charge on any atom is 0.434 e. The van der Waals surface area contributed by atoms with Gasteiger partial charge in [0.1, 0.15) is 0 Å². The zero-order chi connectivity index (χ0) is 13.5. The van der Waals surface area contributed by atoms with E-state index < -0.39 is 11.9 Å². The van der Waals surface area contributed by atoms with E-state index in [0.717, 1.165) is 38.5 Å². The van der Waals surface area contributed by atoms with Crippen molar-refractivity contribution in [2.45, 2.75) is 31.9 Å². The van der Waals surface area contributed by atoms with Crippen LogP contribution in [0.15, 0.2) is 12.4 Å². The van der Waals surface area contributed by atoms with Gasteiger partial charge in [0.05, 0.1) is 11.9 Å². The molecule has 2 fully saturated rings. The Morgan fingerprint density at radius 2 is 2.05 bits per heavy atom. The summed E-state index contributed by atoms with van der Waals surface area (Å²) in [5.74, 6) is 0.535. The van der Waals surface area contributed by atoms with E-state index in [2.05, 4.69) is 15.3 Å². The Bertz CT molecular complexity index is 451. The van der Waals surface area contributed by atoms with E-state index in [1.54, 1.807) is 0 Å². The standard InChI is InChI=1S/C13H16F3N3/c14-13(15,16)11-6-18-10(5-19-11)3-9-1-2-12(4-9)7-17-8-12/h5-6,9,17H,1-4,7-8H2/t9-/m1/s1. The quantitative estimate of drug-likeness (QED) is 0.897. The Morgan fingerprint density at radius 3 is 2.53 bits per heavy atom. The van der Waals surface area contributed by atoms with Gasteiger partial charge in [0, 0.05) is 19.3 Å². The van der Waals surface area contributed by atoms with Crippen molar-refractivity contribution in [3.63, 3.8) is 0 Å². The molecule has 0 radical (unpaired) electrons. The number of nitrogens with zero attached hydrogens (tertiary/aromatic N) is 2. The Hall–Kier alpha value is -1.17. The lowest BCUT2D eigenvalue weighted by atomic mass is 9.79. The van der Waals surface area contributed by atoms with Gasteiger partial charge in [-0.05, 0) is 37.0 Å². The molecule has 6 heteroatoms. The summed E-state index contributed by atoms with van der Waals surface area (Å²) < 4.78 is 37.1. The number of hydrogen-bond acceptors (Lipinski definition) is 3. The molecule has 1 aliphatic carbocycles. The fourth-order valence-corrected chi connectivity index (χ4v) is 3.20. The maximum absolute atomic E-state index is 12.4. The van der Waals surface area contributed by atoms with Crippen LogP contribution in [0.25, 0.3) is 0 Å². The number of hydrogen-bond donors (Lipinski definition) is 1. The van der Waals surface area contributed by atoms with E-state index >= 15 is 0 Å². The van der Waals surface area contributed by atoms with Gasteiger partial charge in [0.15, 0.2) is 5.69 Å². The minimum Gasteiger partial charge on any atom is -0.316 e. The minimum atomic E-state index is -4.40. The molecule has 1 N–H and O–H groups in total. The predicted octanol–water partition coefficient (Wildman–Crippen LogP) is 2.43. The Labute approximate surface area is 109 Å². The fourth-order valence-electron chi connectivity index (χ4n) is 3.20. The summed E-state index contributed by atoms with van der Waals surface area (Å²) in [4.78, 5) is 7.36. The summed E-state index contributed by atoms with van der Waals surface area (Å²) in [7, 11) is 0. The third kappa shape index (κ3) is 2.59. The molecule has 0 unspecified atom stereocenters. The average molecular weight is 271 g/mol. The zero-order valence-corrected chi connectivity index (χ0v) is 10.5. The van der Waals surface area contributed by atoms with E-state index in [4.69, 9.17) is 0 Å². The van der Waals surface area contributed by atoms with E-state index in [0.29, 0.717) is 17.0 Å². The largest absolute Gasteiger partial charge is 0.434 e. The van der Waals surface area contributed by atoms with Gasteiger partial charge >= 0.3 is 6.18 Å². The van der Waals surface area contributed by atoms with E-state index in [1.165, 1.54) is 12.6 Å². The van der Waals surface area contributed by atoms with Gasteiger partial charge in [-0.25, -0.2) is 4.98 Å². The smallest absolute Gasteiger partial charge is 0.316 e. The number of aromatic nitrogens is 2. The van der Waals surface area contributed by atoms with Crippen molar-refractivity contribution in [1.82, 2.24) is 15.3 Å². The summed E-state index contributed by atoms with van der Waals surface area (Å²) in [6, 6.07) is 0. The molecule has 1 atom stereocenters. The highest BCUT2D eigenvalue weighted by Gasteiger charge is 2.43. The lowest BCUT2D eigenvalue weighted by Crippen LogP contribution is -2.51. The second-order valence-electron chi connectivity index (χ2n) is 5.81. The molecule has 1 saturated carbocycles. The van der Waals surface area contributed by atoms with Crippen LogP contribution in [0.5, 0.6) is 0 Å². The number of alkyl halides is 3. The fraction of sp³-hybridized carbons (Fsp3) is 0.692. The van der Waals surface area contributed by atoms with Gasteiger partial charge in [-0.3, -0.25) is 4.98 Å².